The predicted molar refractivity (Wildman–Crippen MR) is 63.1 cm³/mol. The van der Waals surface area contributed by atoms with Gasteiger partial charge in [-0.05, 0) is 30.7 Å². The fourth-order valence-electron chi connectivity index (χ4n) is 1.18. The van der Waals surface area contributed by atoms with Gasteiger partial charge in [0, 0.05) is 12.2 Å². The van der Waals surface area contributed by atoms with Crippen LogP contribution in [0.5, 0.6) is 0 Å². The van der Waals surface area contributed by atoms with Crippen molar-refractivity contribution in [2.24, 2.45) is 0 Å². The number of hydrogen-bond donors (Lipinski definition) is 2. The first-order valence-corrected chi connectivity index (χ1v) is 5.31. The minimum absolute atomic E-state index is 0.210. The Labute approximate surface area is 95.3 Å². The Morgan fingerprint density at radius 3 is 2.62 bits per heavy atom. The van der Waals surface area contributed by atoms with Crippen LogP contribution in [0.2, 0.25) is 0 Å². The smallest absolute Gasteiger partial charge is 0.319 e. The highest BCUT2D eigenvalue weighted by Crippen LogP contribution is 2.08. The lowest BCUT2D eigenvalue weighted by atomic mass is 10.2. The van der Waals surface area contributed by atoms with E-state index in [-0.39, 0.29) is 6.03 Å². The normalized spacial score (nSPS) is 9.25. The number of carbonyl (C=O) groups is 1. The zero-order valence-corrected chi connectivity index (χ0v) is 9.29. The number of nitrogens with one attached hydrogen (secondary N) is 2. The van der Waals surface area contributed by atoms with Crippen molar-refractivity contribution in [2.45, 2.75) is 19.8 Å². The third-order valence-corrected chi connectivity index (χ3v) is 2.09. The van der Waals surface area contributed by atoms with Crippen molar-refractivity contribution >= 4 is 11.7 Å². The van der Waals surface area contributed by atoms with Gasteiger partial charge in [-0.3, -0.25) is 0 Å². The van der Waals surface area contributed by atoms with Crippen LogP contribution in [-0.2, 0) is 0 Å². The van der Waals surface area contributed by atoms with Crippen LogP contribution in [0.3, 0.4) is 0 Å². The summed E-state index contributed by atoms with van der Waals surface area (Å²) in [7, 11) is 0. The maximum absolute atomic E-state index is 11.4. The zero-order chi connectivity index (χ0) is 11.8. The predicted octanol–water partition coefficient (Wildman–Crippen LogP) is 2.48. The molecule has 0 spiro atoms. The fourth-order valence-corrected chi connectivity index (χ4v) is 1.18. The standard InChI is InChI=1S/C12H15N3O/c1-2-3-8-14-12(16)15-11-6-4-10(9-13)5-7-11/h4-7H,2-3,8H2,1H3,(H2,14,15,16). The number of hydrogen-bond acceptors (Lipinski definition) is 2. The van der Waals surface area contributed by atoms with Crippen LogP contribution < -0.4 is 10.6 Å². The van der Waals surface area contributed by atoms with E-state index in [4.69, 9.17) is 5.26 Å². The molecular formula is C12H15N3O. The number of unbranched alkanes of at least 4 members (excludes halogenated alkanes) is 1. The number of benzene rings is 1. The van der Waals surface area contributed by atoms with E-state index in [9.17, 15) is 4.79 Å². The zero-order valence-electron chi connectivity index (χ0n) is 9.29. The second kappa shape index (κ2) is 6.46. The van der Waals surface area contributed by atoms with Crippen LogP contribution in [0.1, 0.15) is 25.3 Å². The van der Waals surface area contributed by atoms with Crippen molar-refractivity contribution in [3.63, 3.8) is 0 Å². The molecule has 0 aromatic heterocycles. The molecule has 0 unspecified atom stereocenters. The first-order valence-electron chi connectivity index (χ1n) is 5.31. The van der Waals surface area contributed by atoms with Gasteiger partial charge in [-0.15, -0.1) is 0 Å². The van der Waals surface area contributed by atoms with Crippen LogP contribution in [0.15, 0.2) is 24.3 Å². The molecule has 16 heavy (non-hydrogen) atoms. The van der Waals surface area contributed by atoms with Crippen LogP contribution in [0.4, 0.5) is 10.5 Å². The molecule has 0 saturated carbocycles. The quantitative estimate of drug-likeness (QED) is 0.761. The molecule has 0 aliphatic carbocycles. The SMILES string of the molecule is CCCCNC(=O)Nc1ccc(C#N)cc1. The summed E-state index contributed by atoms with van der Waals surface area (Å²) in [6, 6.07) is 8.56. The lowest BCUT2D eigenvalue weighted by Crippen LogP contribution is -2.29. The molecule has 0 heterocycles. The van der Waals surface area contributed by atoms with Crippen LogP contribution in [-0.4, -0.2) is 12.6 Å². The van der Waals surface area contributed by atoms with Crippen molar-refractivity contribution in [2.75, 3.05) is 11.9 Å². The fraction of sp³-hybridized carbons (Fsp3) is 0.333. The number of nitriles is 1. The van der Waals surface area contributed by atoms with Crippen molar-refractivity contribution < 1.29 is 4.79 Å². The number of amides is 2. The number of carbonyl (C=O) groups excluding carboxylic acids is 1. The summed E-state index contributed by atoms with van der Waals surface area (Å²) in [5, 5.41) is 14.0. The van der Waals surface area contributed by atoms with Gasteiger partial charge in [0.2, 0.25) is 0 Å². The van der Waals surface area contributed by atoms with Gasteiger partial charge >= 0.3 is 6.03 Å². The Morgan fingerprint density at radius 1 is 1.38 bits per heavy atom. The third-order valence-electron chi connectivity index (χ3n) is 2.09. The Bertz CT molecular complexity index is 378. The molecule has 1 aromatic rings. The van der Waals surface area contributed by atoms with Gasteiger partial charge in [0.25, 0.3) is 0 Å². The molecule has 0 saturated heterocycles. The lowest BCUT2D eigenvalue weighted by Gasteiger charge is -2.06. The monoisotopic (exact) mass is 217 g/mol. The molecular weight excluding hydrogens is 202 g/mol. The van der Waals surface area contributed by atoms with E-state index >= 15 is 0 Å². The number of urea groups is 1. The maximum atomic E-state index is 11.4. The summed E-state index contributed by atoms with van der Waals surface area (Å²) in [6.07, 6.45) is 2.03. The van der Waals surface area contributed by atoms with E-state index in [2.05, 4.69) is 17.6 Å². The van der Waals surface area contributed by atoms with Gasteiger partial charge in [0.1, 0.15) is 0 Å². The van der Waals surface area contributed by atoms with Crippen molar-refractivity contribution in [3.05, 3.63) is 29.8 Å². The molecule has 0 bridgehead atoms. The minimum atomic E-state index is -0.210. The summed E-state index contributed by atoms with van der Waals surface area (Å²) in [5.74, 6) is 0. The second-order valence-corrected chi connectivity index (χ2v) is 3.42. The van der Waals surface area contributed by atoms with Gasteiger partial charge < -0.3 is 10.6 Å². The lowest BCUT2D eigenvalue weighted by molar-refractivity contribution is 0.252. The van der Waals surface area contributed by atoms with Crippen molar-refractivity contribution in [1.82, 2.24) is 5.32 Å². The summed E-state index contributed by atoms with van der Waals surface area (Å²) < 4.78 is 0. The molecule has 0 fully saturated rings. The Kier molecular flexibility index (Phi) is 4.87. The number of rotatable bonds is 4. The van der Waals surface area contributed by atoms with E-state index in [1.54, 1.807) is 24.3 Å². The molecule has 0 aliphatic heterocycles. The van der Waals surface area contributed by atoms with Gasteiger partial charge in [-0.25, -0.2) is 4.79 Å². The van der Waals surface area contributed by atoms with Crippen LogP contribution in [0, 0.1) is 11.3 Å². The van der Waals surface area contributed by atoms with E-state index in [0.717, 1.165) is 12.8 Å². The molecule has 2 N–H and O–H groups in total. The first-order chi connectivity index (χ1) is 7.76. The average Bonchev–Trinajstić information content (AvgIpc) is 2.30. The number of nitrogens with zero attached hydrogens (tertiary/aromatic N) is 1. The van der Waals surface area contributed by atoms with E-state index in [1.165, 1.54) is 0 Å². The van der Waals surface area contributed by atoms with Crippen LogP contribution >= 0.6 is 0 Å². The summed E-state index contributed by atoms with van der Waals surface area (Å²) >= 11 is 0. The Morgan fingerprint density at radius 2 is 2.06 bits per heavy atom. The molecule has 1 aromatic carbocycles. The molecule has 1 rings (SSSR count). The average molecular weight is 217 g/mol. The molecule has 0 radical (unpaired) electrons. The molecule has 0 aliphatic rings. The minimum Gasteiger partial charge on any atom is -0.338 e. The van der Waals surface area contributed by atoms with Crippen LogP contribution in [0.25, 0.3) is 0 Å². The highest BCUT2D eigenvalue weighted by molar-refractivity contribution is 5.89. The summed E-state index contributed by atoms with van der Waals surface area (Å²) in [4.78, 5) is 11.4. The summed E-state index contributed by atoms with van der Waals surface area (Å²) in [5.41, 5.74) is 1.27. The van der Waals surface area contributed by atoms with Gasteiger partial charge in [0.05, 0.1) is 11.6 Å². The summed E-state index contributed by atoms with van der Waals surface area (Å²) in [6.45, 7) is 2.75. The van der Waals surface area contributed by atoms with Gasteiger partial charge in [-0.1, -0.05) is 13.3 Å². The van der Waals surface area contributed by atoms with E-state index in [0.29, 0.717) is 17.8 Å². The molecule has 4 heteroatoms. The largest absolute Gasteiger partial charge is 0.338 e. The topological polar surface area (TPSA) is 64.9 Å². The van der Waals surface area contributed by atoms with Crippen molar-refractivity contribution in [3.8, 4) is 6.07 Å². The third kappa shape index (κ3) is 4.01. The second-order valence-electron chi connectivity index (χ2n) is 3.42. The Hall–Kier alpha value is -2.02. The molecule has 84 valence electrons. The van der Waals surface area contributed by atoms with Gasteiger partial charge in [-0.2, -0.15) is 5.26 Å². The van der Waals surface area contributed by atoms with E-state index in [1.807, 2.05) is 6.07 Å². The first kappa shape index (κ1) is 12.1. The highest BCUT2D eigenvalue weighted by Gasteiger charge is 2.00. The number of anilines is 1. The maximum Gasteiger partial charge on any atom is 0.319 e. The molecule has 4 nitrogen and oxygen atoms in total. The molecule has 2 amide bonds. The van der Waals surface area contributed by atoms with Gasteiger partial charge in [0.15, 0.2) is 0 Å². The highest BCUT2D eigenvalue weighted by atomic mass is 16.2. The molecule has 0 atom stereocenters. The Balaban J connectivity index is 2.41. The van der Waals surface area contributed by atoms with E-state index < -0.39 is 0 Å². The van der Waals surface area contributed by atoms with Crippen molar-refractivity contribution in [1.29, 1.82) is 5.26 Å².